The van der Waals surface area contributed by atoms with Crippen LogP contribution >= 0.6 is 12.4 Å². The number of unbranched alkanes of at least 4 members (excludes halogenated alkanes) is 3. The molecule has 146 valence electrons. The van der Waals surface area contributed by atoms with Crippen LogP contribution in [0.25, 0.3) is 0 Å². The molecule has 0 aliphatic carbocycles. The van der Waals surface area contributed by atoms with Crippen molar-refractivity contribution in [1.82, 2.24) is 10.2 Å². The van der Waals surface area contributed by atoms with Crippen molar-refractivity contribution < 1.29 is 9.59 Å². The lowest BCUT2D eigenvalue weighted by Gasteiger charge is -2.36. The number of piperidine rings is 1. The largest absolute Gasteiger partial charge is 0.350 e. The zero-order chi connectivity index (χ0) is 17.9. The van der Waals surface area contributed by atoms with Crippen LogP contribution in [0.15, 0.2) is 30.3 Å². The molecule has 1 aliphatic rings. The van der Waals surface area contributed by atoms with Crippen molar-refractivity contribution in [3.05, 3.63) is 35.9 Å². The van der Waals surface area contributed by atoms with E-state index in [-0.39, 0.29) is 30.3 Å². The summed E-state index contributed by atoms with van der Waals surface area (Å²) >= 11 is 0. The zero-order valence-corrected chi connectivity index (χ0v) is 16.3. The number of nitrogens with two attached hydrogens (primary N) is 1. The smallest absolute Gasteiger partial charge is 0.251 e. The third kappa shape index (κ3) is 7.34. The third-order valence-corrected chi connectivity index (χ3v) is 4.83. The highest BCUT2D eigenvalue weighted by Crippen LogP contribution is 2.18. The first-order valence-corrected chi connectivity index (χ1v) is 9.55. The van der Waals surface area contributed by atoms with E-state index in [0.717, 1.165) is 58.0 Å². The van der Waals surface area contributed by atoms with Gasteiger partial charge in [0.25, 0.3) is 5.91 Å². The van der Waals surface area contributed by atoms with Gasteiger partial charge in [0.2, 0.25) is 5.91 Å². The van der Waals surface area contributed by atoms with Crippen molar-refractivity contribution >= 4 is 24.2 Å². The minimum Gasteiger partial charge on any atom is -0.350 e. The van der Waals surface area contributed by atoms with E-state index in [2.05, 4.69) is 5.32 Å². The topological polar surface area (TPSA) is 75.4 Å². The summed E-state index contributed by atoms with van der Waals surface area (Å²) in [7, 11) is 0. The number of hydrogen-bond donors (Lipinski definition) is 2. The van der Waals surface area contributed by atoms with Gasteiger partial charge in [0, 0.05) is 31.1 Å². The average molecular weight is 382 g/mol. The van der Waals surface area contributed by atoms with Crippen molar-refractivity contribution in [3.63, 3.8) is 0 Å². The molecule has 1 saturated heterocycles. The molecule has 0 saturated carbocycles. The van der Waals surface area contributed by atoms with Gasteiger partial charge in [0.15, 0.2) is 0 Å². The molecule has 26 heavy (non-hydrogen) atoms. The molecule has 6 heteroatoms. The molecule has 1 atom stereocenters. The van der Waals surface area contributed by atoms with Crippen molar-refractivity contribution in [3.8, 4) is 0 Å². The molecule has 0 aromatic heterocycles. The van der Waals surface area contributed by atoms with Crippen molar-refractivity contribution in [1.29, 1.82) is 0 Å². The molecule has 0 bridgehead atoms. The number of likely N-dealkylation sites (tertiary alicyclic amines) is 1. The van der Waals surface area contributed by atoms with Crippen molar-refractivity contribution in [2.75, 3.05) is 19.6 Å². The Hall–Kier alpha value is -1.59. The zero-order valence-electron chi connectivity index (χ0n) is 15.5. The van der Waals surface area contributed by atoms with E-state index in [9.17, 15) is 9.59 Å². The minimum atomic E-state index is -0.0691. The fourth-order valence-corrected chi connectivity index (χ4v) is 3.36. The van der Waals surface area contributed by atoms with Crippen molar-refractivity contribution in [2.24, 2.45) is 5.73 Å². The second-order valence-electron chi connectivity index (χ2n) is 6.77. The Morgan fingerprint density at radius 2 is 1.81 bits per heavy atom. The number of nitrogens with zero attached hydrogens (tertiary/aromatic N) is 1. The lowest BCUT2D eigenvalue weighted by atomic mass is 10.0. The summed E-state index contributed by atoms with van der Waals surface area (Å²) in [6.45, 7) is 2.07. The van der Waals surface area contributed by atoms with Crippen LogP contribution in [0.1, 0.15) is 61.7 Å². The molecule has 5 nitrogen and oxygen atoms in total. The van der Waals surface area contributed by atoms with Gasteiger partial charge in [0.1, 0.15) is 0 Å². The maximum atomic E-state index is 12.5. The number of carbonyl (C=O) groups excluding carboxylic acids is 2. The fourth-order valence-electron chi connectivity index (χ4n) is 3.36. The van der Waals surface area contributed by atoms with Crippen LogP contribution in [0, 0.1) is 0 Å². The molecule has 1 aromatic carbocycles. The minimum absolute atomic E-state index is 0. The van der Waals surface area contributed by atoms with Crippen LogP contribution in [0.4, 0.5) is 0 Å². The van der Waals surface area contributed by atoms with Gasteiger partial charge in [-0.15, -0.1) is 12.4 Å². The molecule has 1 unspecified atom stereocenters. The van der Waals surface area contributed by atoms with E-state index in [1.54, 1.807) is 12.1 Å². The Labute approximate surface area is 163 Å². The number of amides is 2. The highest BCUT2D eigenvalue weighted by Gasteiger charge is 2.26. The summed E-state index contributed by atoms with van der Waals surface area (Å²) < 4.78 is 0. The summed E-state index contributed by atoms with van der Waals surface area (Å²) in [5.41, 5.74) is 6.16. The van der Waals surface area contributed by atoms with Crippen LogP contribution in [-0.2, 0) is 4.79 Å². The van der Waals surface area contributed by atoms with Crippen LogP contribution in [0.3, 0.4) is 0 Å². The van der Waals surface area contributed by atoms with E-state index >= 15 is 0 Å². The summed E-state index contributed by atoms with van der Waals surface area (Å²) in [6, 6.07) is 9.34. The first kappa shape index (κ1) is 22.5. The number of rotatable bonds is 9. The van der Waals surface area contributed by atoms with Gasteiger partial charge < -0.3 is 16.0 Å². The van der Waals surface area contributed by atoms with Gasteiger partial charge >= 0.3 is 0 Å². The molecule has 2 amide bonds. The molecule has 1 aromatic rings. The molecule has 1 heterocycles. The third-order valence-electron chi connectivity index (χ3n) is 4.83. The number of nitrogens with one attached hydrogen (secondary N) is 1. The van der Waals surface area contributed by atoms with E-state index in [0.29, 0.717) is 18.5 Å². The van der Waals surface area contributed by atoms with Gasteiger partial charge in [-0.25, -0.2) is 0 Å². The highest BCUT2D eigenvalue weighted by atomic mass is 35.5. The maximum Gasteiger partial charge on any atom is 0.251 e. The Bertz CT molecular complexity index is 539. The predicted octanol–water partition coefficient (Wildman–Crippen LogP) is 3.13. The van der Waals surface area contributed by atoms with Crippen LogP contribution in [0.5, 0.6) is 0 Å². The standard InChI is InChI=1S/C20H31N3O2.ClH/c21-14-8-2-1-6-13-19(24)23-15-9-7-12-18(23)16-22-20(25)17-10-4-3-5-11-17;/h3-5,10-11,18H,1-2,6-9,12-16,21H2,(H,22,25);1H. The Kier molecular flexibility index (Phi) is 11.0. The SMILES string of the molecule is Cl.NCCCCCCC(=O)N1CCCCC1CNC(=O)c1ccccc1. The molecular weight excluding hydrogens is 350 g/mol. The van der Waals surface area contributed by atoms with E-state index in [4.69, 9.17) is 5.73 Å². The van der Waals surface area contributed by atoms with E-state index in [1.807, 2.05) is 23.1 Å². The monoisotopic (exact) mass is 381 g/mol. The van der Waals surface area contributed by atoms with Gasteiger partial charge in [-0.1, -0.05) is 31.0 Å². The molecule has 1 fully saturated rings. The lowest BCUT2D eigenvalue weighted by Crippen LogP contribution is -2.49. The molecule has 1 aliphatic heterocycles. The maximum absolute atomic E-state index is 12.5. The van der Waals surface area contributed by atoms with Crippen LogP contribution < -0.4 is 11.1 Å². The summed E-state index contributed by atoms with van der Waals surface area (Å²) in [5.74, 6) is 0.159. The van der Waals surface area contributed by atoms with E-state index < -0.39 is 0 Å². The second-order valence-corrected chi connectivity index (χ2v) is 6.77. The Morgan fingerprint density at radius 1 is 1.08 bits per heavy atom. The fraction of sp³-hybridized carbons (Fsp3) is 0.600. The highest BCUT2D eigenvalue weighted by molar-refractivity contribution is 5.94. The number of benzene rings is 1. The first-order valence-electron chi connectivity index (χ1n) is 9.55. The first-order chi connectivity index (χ1) is 12.2. The molecule has 3 N–H and O–H groups in total. The number of carbonyl (C=O) groups is 2. The number of hydrogen-bond acceptors (Lipinski definition) is 3. The van der Waals surface area contributed by atoms with Crippen LogP contribution in [-0.4, -0.2) is 42.4 Å². The Balaban J connectivity index is 0.00000338. The molecular formula is C20H32ClN3O2. The Morgan fingerprint density at radius 3 is 2.54 bits per heavy atom. The summed E-state index contributed by atoms with van der Waals surface area (Å²) in [6.07, 6.45) is 7.87. The van der Waals surface area contributed by atoms with Crippen molar-refractivity contribution in [2.45, 2.75) is 57.4 Å². The lowest BCUT2D eigenvalue weighted by molar-refractivity contribution is -0.134. The van der Waals surface area contributed by atoms with Gasteiger partial charge in [-0.3, -0.25) is 9.59 Å². The summed E-state index contributed by atoms with van der Waals surface area (Å²) in [5, 5.41) is 2.99. The quantitative estimate of drug-likeness (QED) is 0.645. The normalized spacial score (nSPS) is 16.7. The molecule has 0 spiro atoms. The van der Waals surface area contributed by atoms with Gasteiger partial charge in [0.05, 0.1) is 0 Å². The second kappa shape index (κ2) is 12.7. The van der Waals surface area contributed by atoms with Gasteiger partial charge in [-0.05, 0) is 50.8 Å². The predicted molar refractivity (Wildman–Crippen MR) is 108 cm³/mol. The average Bonchev–Trinajstić information content (AvgIpc) is 2.66. The number of halogens is 1. The van der Waals surface area contributed by atoms with E-state index in [1.165, 1.54) is 0 Å². The van der Waals surface area contributed by atoms with Crippen LogP contribution in [0.2, 0.25) is 0 Å². The molecule has 0 radical (unpaired) electrons. The molecule has 2 rings (SSSR count). The summed E-state index contributed by atoms with van der Waals surface area (Å²) in [4.78, 5) is 26.7. The van der Waals surface area contributed by atoms with Gasteiger partial charge in [-0.2, -0.15) is 0 Å².